The van der Waals surface area contributed by atoms with E-state index in [1.54, 1.807) is 0 Å². The van der Waals surface area contributed by atoms with Crippen molar-refractivity contribution in [3.63, 3.8) is 0 Å². The third-order valence-corrected chi connectivity index (χ3v) is 4.10. The summed E-state index contributed by atoms with van der Waals surface area (Å²) < 4.78 is 5.85. The molecule has 0 heterocycles. The average Bonchev–Trinajstić information content (AvgIpc) is 2.34. The number of rotatable bonds is 8. The van der Waals surface area contributed by atoms with E-state index >= 15 is 0 Å². The van der Waals surface area contributed by atoms with Gasteiger partial charge in [0, 0.05) is 12.1 Å². The SMILES string of the molecule is CCCC(C)(C)NCC(O)COC1CCCC(C)C1. The van der Waals surface area contributed by atoms with Gasteiger partial charge in [-0.3, -0.25) is 0 Å². The molecule has 0 aromatic rings. The summed E-state index contributed by atoms with van der Waals surface area (Å²) in [6.07, 6.45) is 7.16. The maximum Gasteiger partial charge on any atom is 0.0898 e. The zero-order valence-corrected chi connectivity index (χ0v) is 13.2. The number of aliphatic hydroxyl groups excluding tert-OH is 1. The average molecular weight is 271 g/mol. The summed E-state index contributed by atoms with van der Waals surface area (Å²) in [5.41, 5.74) is 0.106. The zero-order chi connectivity index (χ0) is 14.3. The molecule has 19 heavy (non-hydrogen) atoms. The van der Waals surface area contributed by atoms with Gasteiger partial charge in [-0.1, -0.05) is 33.1 Å². The number of β-amino-alcohol motifs (C(OH)–C–C–N with tert-alkyl or cyclic N) is 1. The first-order chi connectivity index (χ1) is 8.93. The van der Waals surface area contributed by atoms with Crippen LogP contribution in [0.3, 0.4) is 0 Å². The van der Waals surface area contributed by atoms with Gasteiger partial charge in [0.05, 0.1) is 18.8 Å². The Labute approximate surface area is 119 Å². The van der Waals surface area contributed by atoms with Crippen molar-refractivity contribution >= 4 is 0 Å². The second kappa shape index (κ2) is 8.23. The van der Waals surface area contributed by atoms with Crippen LogP contribution in [0.4, 0.5) is 0 Å². The molecule has 3 heteroatoms. The molecule has 1 aliphatic carbocycles. The highest BCUT2D eigenvalue weighted by Gasteiger charge is 2.21. The summed E-state index contributed by atoms with van der Waals surface area (Å²) >= 11 is 0. The van der Waals surface area contributed by atoms with Crippen LogP contribution >= 0.6 is 0 Å². The molecule has 0 spiro atoms. The summed E-state index contributed by atoms with van der Waals surface area (Å²) in [6.45, 7) is 9.94. The van der Waals surface area contributed by atoms with Crippen LogP contribution < -0.4 is 5.32 Å². The molecule has 1 aliphatic rings. The summed E-state index contributed by atoms with van der Waals surface area (Å²) in [4.78, 5) is 0. The Kier molecular flexibility index (Phi) is 7.33. The topological polar surface area (TPSA) is 41.5 Å². The highest BCUT2D eigenvalue weighted by atomic mass is 16.5. The first-order valence-corrected chi connectivity index (χ1v) is 7.97. The molecule has 3 nitrogen and oxygen atoms in total. The first kappa shape index (κ1) is 16.9. The van der Waals surface area contributed by atoms with Crippen molar-refractivity contribution in [2.45, 2.75) is 84.0 Å². The molecule has 0 aromatic heterocycles. The van der Waals surface area contributed by atoms with Crippen LogP contribution in [0.2, 0.25) is 0 Å². The van der Waals surface area contributed by atoms with Crippen molar-refractivity contribution in [1.29, 1.82) is 0 Å². The van der Waals surface area contributed by atoms with E-state index in [0.717, 1.165) is 31.6 Å². The number of hydrogen-bond donors (Lipinski definition) is 2. The maximum atomic E-state index is 9.99. The predicted octanol–water partition coefficient (Wildman–Crippen LogP) is 3.11. The standard InChI is InChI=1S/C16H33NO2/c1-5-9-16(3,4)17-11-14(18)12-19-15-8-6-7-13(2)10-15/h13-15,17-18H,5-12H2,1-4H3. The maximum absolute atomic E-state index is 9.99. The van der Waals surface area contributed by atoms with Gasteiger partial charge in [0.25, 0.3) is 0 Å². The van der Waals surface area contributed by atoms with Gasteiger partial charge in [0.2, 0.25) is 0 Å². The van der Waals surface area contributed by atoms with E-state index < -0.39 is 6.10 Å². The molecule has 0 aliphatic heterocycles. The Bertz CT molecular complexity index is 243. The van der Waals surface area contributed by atoms with Gasteiger partial charge in [0.15, 0.2) is 0 Å². The summed E-state index contributed by atoms with van der Waals surface area (Å²) in [7, 11) is 0. The Morgan fingerprint density at radius 2 is 2.11 bits per heavy atom. The van der Waals surface area contributed by atoms with Gasteiger partial charge in [0.1, 0.15) is 0 Å². The minimum atomic E-state index is -0.395. The molecule has 0 radical (unpaired) electrons. The van der Waals surface area contributed by atoms with Crippen LogP contribution in [0.1, 0.15) is 66.2 Å². The summed E-state index contributed by atoms with van der Waals surface area (Å²) in [5.74, 6) is 0.775. The van der Waals surface area contributed by atoms with Crippen LogP contribution in [-0.4, -0.2) is 36.0 Å². The molecule has 0 amide bonds. The second-order valence-corrected chi connectivity index (χ2v) is 6.90. The van der Waals surface area contributed by atoms with E-state index in [4.69, 9.17) is 4.74 Å². The van der Waals surface area contributed by atoms with E-state index in [1.807, 2.05) is 0 Å². The van der Waals surface area contributed by atoms with Crippen molar-refractivity contribution in [2.75, 3.05) is 13.2 Å². The smallest absolute Gasteiger partial charge is 0.0898 e. The predicted molar refractivity (Wildman–Crippen MR) is 80.4 cm³/mol. The molecule has 0 aromatic carbocycles. The molecular formula is C16H33NO2. The molecule has 1 saturated carbocycles. The Balaban J connectivity index is 2.15. The van der Waals surface area contributed by atoms with Gasteiger partial charge in [-0.25, -0.2) is 0 Å². The Morgan fingerprint density at radius 1 is 1.37 bits per heavy atom. The van der Waals surface area contributed by atoms with Crippen molar-refractivity contribution in [1.82, 2.24) is 5.32 Å². The summed E-state index contributed by atoms with van der Waals surface area (Å²) in [5, 5.41) is 13.4. The van der Waals surface area contributed by atoms with Crippen molar-refractivity contribution < 1.29 is 9.84 Å². The third kappa shape index (κ3) is 7.28. The molecule has 2 N–H and O–H groups in total. The number of nitrogens with one attached hydrogen (secondary N) is 1. The highest BCUT2D eigenvalue weighted by Crippen LogP contribution is 2.25. The molecule has 1 rings (SSSR count). The van der Waals surface area contributed by atoms with E-state index in [2.05, 4.69) is 33.0 Å². The highest BCUT2D eigenvalue weighted by molar-refractivity contribution is 4.78. The van der Waals surface area contributed by atoms with Gasteiger partial charge in [-0.2, -0.15) is 0 Å². The lowest BCUT2D eigenvalue weighted by atomic mass is 9.89. The quantitative estimate of drug-likeness (QED) is 0.713. The van der Waals surface area contributed by atoms with E-state index in [9.17, 15) is 5.11 Å². The first-order valence-electron chi connectivity index (χ1n) is 7.97. The Morgan fingerprint density at radius 3 is 2.74 bits per heavy atom. The minimum absolute atomic E-state index is 0.106. The van der Waals surface area contributed by atoms with Gasteiger partial charge < -0.3 is 15.2 Å². The van der Waals surface area contributed by atoms with Crippen LogP contribution in [0.25, 0.3) is 0 Å². The number of ether oxygens (including phenoxy) is 1. The molecule has 1 fully saturated rings. The van der Waals surface area contributed by atoms with Crippen molar-refractivity contribution in [3.05, 3.63) is 0 Å². The van der Waals surface area contributed by atoms with E-state index in [0.29, 0.717) is 19.3 Å². The molecule has 0 bridgehead atoms. The minimum Gasteiger partial charge on any atom is -0.389 e. The van der Waals surface area contributed by atoms with Crippen molar-refractivity contribution in [3.8, 4) is 0 Å². The lowest BCUT2D eigenvalue weighted by Crippen LogP contribution is -2.44. The van der Waals surface area contributed by atoms with Gasteiger partial charge in [-0.05, 0) is 39.0 Å². The monoisotopic (exact) mass is 271 g/mol. The fourth-order valence-corrected chi connectivity index (χ4v) is 2.94. The molecule has 114 valence electrons. The van der Waals surface area contributed by atoms with Gasteiger partial charge in [-0.15, -0.1) is 0 Å². The largest absolute Gasteiger partial charge is 0.389 e. The zero-order valence-electron chi connectivity index (χ0n) is 13.2. The van der Waals surface area contributed by atoms with Crippen molar-refractivity contribution in [2.24, 2.45) is 5.92 Å². The molecule has 3 atom stereocenters. The van der Waals surface area contributed by atoms with Crippen LogP contribution in [0.15, 0.2) is 0 Å². The fourth-order valence-electron chi connectivity index (χ4n) is 2.94. The van der Waals surface area contributed by atoms with E-state index in [1.165, 1.54) is 12.8 Å². The molecular weight excluding hydrogens is 238 g/mol. The van der Waals surface area contributed by atoms with E-state index in [-0.39, 0.29) is 5.54 Å². The number of aliphatic hydroxyl groups is 1. The Hall–Kier alpha value is -0.120. The lowest BCUT2D eigenvalue weighted by Gasteiger charge is -2.29. The van der Waals surface area contributed by atoms with Crippen LogP contribution in [0, 0.1) is 5.92 Å². The fraction of sp³-hybridized carbons (Fsp3) is 1.00. The molecule has 3 unspecified atom stereocenters. The van der Waals surface area contributed by atoms with Crippen LogP contribution in [-0.2, 0) is 4.74 Å². The third-order valence-electron chi connectivity index (χ3n) is 4.10. The lowest BCUT2D eigenvalue weighted by molar-refractivity contribution is -0.0320. The summed E-state index contributed by atoms with van der Waals surface area (Å²) in [6, 6.07) is 0. The normalized spacial score (nSPS) is 26.4. The second-order valence-electron chi connectivity index (χ2n) is 6.90. The number of hydrogen-bond acceptors (Lipinski definition) is 3. The van der Waals surface area contributed by atoms with Crippen LogP contribution in [0.5, 0.6) is 0 Å². The molecule has 0 saturated heterocycles. The van der Waals surface area contributed by atoms with Gasteiger partial charge >= 0.3 is 0 Å².